The lowest BCUT2D eigenvalue weighted by atomic mass is 10.1. The predicted octanol–water partition coefficient (Wildman–Crippen LogP) is 3.67. The van der Waals surface area contributed by atoms with Crippen molar-refractivity contribution in [1.29, 1.82) is 0 Å². The van der Waals surface area contributed by atoms with Crippen LogP contribution in [0.1, 0.15) is 16.1 Å². The number of carbonyl (C=O) groups excluding carboxylic acids is 1. The minimum Gasteiger partial charge on any atom is -0.505 e. The zero-order valence-corrected chi connectivity index (χ0v) is 15.7. The van der Waals surface area contributed by atoms with Gasteiger partial charge in [-0.15, -0.1) is 0 Å². The minimum atomic E-state index is -0.495. The fraction of sp³-hybridized carbons (Fsp3) is 0.0833. The molecule has 4 rings (SSSR count). The van der Waals surface area contributed by atoms with Gasteiger partial charge in [0.25, 0.3) is 11.5 Å². The second kappa shape index (κ2) is 8.02. The maximum absolute atomic E-state index is 13.2. The van der Waals surface area contributed by atoms with Crippen LogP contribution in [0, 0.1) is 0 Å². The zero-order valence-electron chi connectivity index (χ0n) is 15.7. The molecule has 0 aliphatic carbocycles. The third-order valence-electron chi connectivity index (χ3n) is 4.84. The van der Waals surface area contributed by atoms with Gasteiger partial charge < -0.3 is 10.4 Å². The molecule has 144 valence electrons. The molecular weight excluding hydrogens is 364 g/mol. The van der Waals surface area contributed by atoms with Gasteiger partial charge in [-0.25, -0.2) is 0 Å². The molecule has 29 heavy (non-hydrogen) atoms. The average Bonchev–Trinajstić information content (AvgIpc) is 2.77. The van der Waals surface area contributed by atoms with E-state index >= 15 is 0 Å². The molecule has 5 nitrogen and oxygen atoms in total. The summed E-state index contributed by atoms with van der Waals surface area (Å²) in [4.78, 5) is 26.2. The molecule has 0 fully saturated rings. The highest BCUT2D eigenvalue weighted by atomic mass is 16.3. The lowest BCUT2D eigenvalue weighted by Gasteiger charge is -2.16. The monoisotopic (exact) mass is 384 g/mol. The van der Waals surface area contributed by atoms with Gasteiger partial charge in [0.05, 0.1) is 5.39 Å². The van der Waals surface area contributed by atoms with Crippen LogP contribution in [0.3, 0.4) is 0 Å². The first-order chi connectivity index (χ1) is 14.2. The molecule has 0 saturated carbocycles. The number of fused-ring (bicyclic) bond motifs is 1. The predicted molar refractivity (Wildman–Crippen MR) is 114 cm³/mol. The van der Waals surface area contributed by atoms with Gasteiger partial charge >= 0.3 is 0 Å². The van der Waals surface area contributed by atoms with E-state index in [4.69, 9.17) is 0 Å². The number of para-hydroxylation sites is 1. The Morgan fingerprint density at radius 3 is 2.10 bits per heavy atom. The van der Waals surface area contributed by atoms with Crippen molar-refractivity contribution >= 4 is 16.7 Å². The second-order valence-corrected chi connectivity index (χ2v) is 6.71. The number of amides is 1. The van der Waals surface area contributed by atoms with Gasteiger partial charge in [-0.3, -0.25) is 14.2 Å². The standard InChI is InChI=1S/C24H20N2O3/c27-22-19-13-7-8-14-20(19)24(29)26(18-11-5-2-6-12-18)21(22)23(28)25-16-15-17-9-3-1-4-10-17/h1-14,27H,15-16H2,(H,25,28). The lowest BCUT2D eigenvalue weighted by Crippen LogP contribution is -2.33. The molecule has 0 unspecified atom stereocenters. The first-order valence-electron chi connectivity index (χ1n) is 9.41. The maximum atomic E-state index is 13.2. The molecule has 0 atom stereocenters. The number of hydrogen-bond donors (Lipinski definition) is 2. The van der Waals surface area contributed by atoms with Gasteiger partial charge in [0.2, 0.25) is 0 Å². The van der Waals surface area contributed by atoms with E-state index in [0.29, 0.717) is 29.4 Å². The normalized spacial score (nSPS) is 10.8. The Bertz CT molecular complexity index is 1220. The van der Waals surface area contributed by atoms with Crippen molar-refractivity contribution in [2.45, 2.75) is 6.42 Å². The molecule has 2 N–H and O–H groups in total. The van der Waals surface area contributed by atoms with Crippen LogP contribution in [-0.4, -0.2) is 22.1 Å². The second-order valence-electron chi connectivity index (χ2n) is 6.71. The van der Waals surface area contributed by atoms with Gasteiger partial charge in [-0.1, -0.05) is 66.7 Å². The first kappa shape index (κ1) is 18.5. The first-order valence-corrected chi connectivity index (χ1v) is 9.41. The van der Waals surface area contributed by atoms with E-state index < -0.39 is 5.91 Å². The average molecular weight is 384 g/mol. The fourth-order valence-electron chi connectivity index (χ4n) is 3.41. The summed E-state index contributed by atoms with van der Waals surface area (Å²) in [6.07, 6.45) is 0.649. The van der Waals surface area contributed by atoms with Crippen LogP contribution in [0.2, 0.25) is 0 Å². The van der Waals surface area contributed by atoms with E-state index in [1.165, 1.54) is 4.57 Å². The topological polar surface area (TPSA) is 71.3 Å². The van der Waals surface area contributed by atoms with Crippen molar-refractivity contribution in [3.63, 3.8) is 0 Å². The molecular formula is C24H20N2O3. The van der Waals surface area contributed by atoms with Gasteiger partial charge in [-0.2, -0.15) is 0 Å². The van der Waals surface area contributed by atoms with E-state index in [9.17, 15) is 14.7 Å². The molecule has 0 spiro atoms. The molecule has 1 amide bonds. The highest BCUT2D eigenvalue weighted by Crippen LogP contribution is 2.28. The summed E-state index contributed by atoms with van der Waals surface area (Å²) < 4.78 is 1.27. The molecule has 0 saturated heterocycles. The van der Waals surface area contributed by atoms with Crippen molar-refractivity contribution in [2.24, 2.45) is 0 Å². The van der Waals surface area contributed by atoms with E-state index in [0.717, 1.165) is 5.56 Å². The molecule has 1 aromatic heterocycles. The van der Waals surface area contributed by atoms with Crippen LogP contribution >= 0.6 is 0 Å². The van der Waals surface area contributed by atoms with E-state index in [2.05, 4.69) is 5.32 Å². The number of benzene rings is 3. The van der Waals surface area contributed by atoms with Crippen LogP contribution in [0.4, 0.5) is 0 Å². The molecule has 1 heterocycles. The number of pyridine rings is 1. The van der Waals surface area contributed by atoms with E-state index in [-0.39, 0.29) is 17.0 Å². The summed E-state index contributed by atoms with van der Waals surface area (Å²) in [5.41, 5.74) is 1.20. The van der Waals surface area contributed by atoms with Gasteiger partial charge in [-0.05, 0) is 30.2 Å². The zero-order chi connectivity index (χ0) is 20.2. The van der Waals surface area contributed by atoms with E-state index in [1.54, 1.807) is 48.5 Å². The van der Waals surface area contributed by atoms with Crippen LogP contribution in [-0.2, 0) is 6.42 Å². The molecule has 4 aromatic rings. The van der Waals surface area contributed by atoms with Gasteiger partial charge in [0.15, 0.2) is 11.4 Å². The lowest BCUT2D eigenvalue weighted by molar-refractivity contribution is 0.0943. The van der Waals surface area contributed by atoms with Crippen LogP contribution < -0.4 is 10.9 Å². The Labute approximate surface area is 167 Å². The number of hydrogen-bond acceptors (Lipinski definition) is 3. The Balaban J connectivity index is 1.77. The quantitative estimate of drug-likeness (QED) is 0.552. The number of nitrogens with zero attached hydrogens (tertiary/aromatic N) is 1. The smallest absolute Gasteiger partial charge is 0.272 e. The van der Waals surface area contributed by atoms with E-state index in [1.807, 2.05) is 36.4 Å². The third-order valence-corrected chi connectivity index (χ3v) is 4.84. The van der Waals surface area contributed by atoms with Gasteiger partial charge in [0.1, 0.15) is 0 Å². The Hall–Kier alpha value is -3.86. The summed E-state index contributed by atoms with van der Waals surface area (Å²) in [6.45, 7) is 0.387. The maximum Gasteiger partial charge on any atom is 0.272 e. The van der Waals surface area contributed by atoms with Gasteiger partial charge in [0, 0.05) is 17.6 Å². The molecule has 0 bridgehead atoms. The van der Waals surface area contributed by atoms with Crippen molar-refractivity contribution < 1.29 is 9.90 Å². The summed E-state index contributed by atoms with van der Waals surface area (Å²) in [6, 6.07) is 25.4. The molecule has 0 radical (unpaired) electrons. The summed E-state index contributed by atoms with van der Waals surface area (Å²) in [7, 11) is 0. The Morgan fingerprint density at radius 2 is 1.41 bits per heavy atom. The number of aromatic hydroxyl groups is 1. The minimum absolute atomic E-state index is 0.0621. The SMILES string of the molecule is O=C(NCCc1ccccc1)c1c(O)c2ccccc2c(=O)n1-c1ccccc1. The number of rotatable bonds is 5. The Morgan fingerprint density at radius 1 is 0.828 bits per heavy atom. The molecule has 5 heteroatoms. The third kappa shape index (κ3) is 3.62. The highest BCUT2D eigenvalue weighted by Gasteiger charge is 2.22. The number of carbonyl (C=O) groups is 1. The highest BCUT2D eigenvalue weighted by molar-refractivity contribution is 6.02. The van der Waals surface area contributed by atoms with Crippen molar-refractivity contribution in [3.8, 4) is 11.4 Å². The summed E-state index contributed by atoms with van der Waals surface area (Å²) >= 11 is 0. The van der Waals surface area contributed by atoms with Crippen molar-refractivity contribution in [1.82, 2.24) is 9.88 Å². The molecule has 0 aliphatic rings. The number of aromatic nitrogens is 1. The number of nitrogens with one attached hydrogen (secondary N) is 1. The summed E-state index contributed by atoms with van der Waals surface area (Å²) in [5, 5.41) is 14.4. The fourth-order valence-corrected chi connectivity index (χ4v) is 3.41. The van der Waals surface area contributed by atoms with Crippen molar-refractivity contribution in [2.75, 3.05) is 6.54 Å². The molecule has 0 aliphatic heterocycles. The largest absolute Gasteiger partial charge is 0.505 e. The van der Waals surface area contributed by atoms with Crippen LogP contribution in [0.25, 0.3) is 16.5 Å². The van der Waals surface area contributed by atoms with Crippen molar-refractivity contribution in [3.05, 3.63) is 107 Å². The van der Waals surface area contributed by atoms with Crippen LogP contribution in [0.15, 0.2) is 89.7 Å². The summed E-state index contributed by atoms with van der Waals surface area (Å²) in [5.74, 6) is -0.702. The van der Waals surface area contributed by atoms with Crippen LogP contribution in [0.5, 0.6) is 5.75 Å². The Kier molecular flexibility index (Phi) is 5.12. The molecule has 3 aromatic carbocycles.